The number of amides is 2. The summed E-state index contributed by atoms with van der Waals surface area (Å²) >= 11 is 0. The number of fused-ring (bicyclic) bond motifs is 1. The lowest BCUT2D eigenvalue weighted by Crippen LogP contribution is -2.38. The number of hydrogen-bond donors (Lipinski definition) is 1. The lowest BCUT2D eigenvalue weighted by Gasteiger charge is -2.23. The number of ether oxygens (including phenoxy) is 1. The molecule has 0 saturated carbocycles. The van der Waals surface area contributed by atoms with Gasteiger partial charge in [-0.15, -0.1) is 0 Å². The molecular formula is C28H29FN2O3. The number of rotatable bonds is 7. The third-order valence-electron chi connectivity index (χ3n) is 6.13. The fourth-order valence-corrected chi connectivity index (χ4v) is 4.28. The van der Waals surface area contributed by atoms with Gasteiger partial charge in [-0.05, 0) is 54.3 Å². The van der Waals surface area contributed by atoms with Gasteiger partial charge in [0.25, 0.3) is 5.91 Å². The van der Waals surface area contributed by atoms with Gasteiger partial charge in [-0.3, -0.25) is 9.59 Å². The Hall–Kier alpha value is -3.67. The van der Waals surface area contributed by atoms with Crippen LogP contribution in [0.5, 0.6) is 5.75 Å². The third kappa shape index (κ3) is 5.28. The highest BCUT2D eigenvalue weighted by atomic mass is 19.1. The molecule has 6 heteroatoms. The minimum Gasteiger partial charge on any atom is -0.480 e. The molecule has 0 saturated heterocycles. The van der Waals surface area contributed by atoms with Gasteiger partial charge in [0.05, 0.1) is 5.92 Å². The van der Waals surface area contributed by atoms with Gasteiger partial charge in [-0.1, -0.05) is 56.3 Å². The molecule has 0 spiro atoms. The highest BCUT2D eigenvalue weighted by molar-refractivity contribution is 5.96. The molecular weight excluding hydrogens is 431 g/mol. The van der Waals surface area contributed by atoms with Crippen LogP contribution < -0.4 is 10.1 Å². The maximum Gasteiger partial charge on any atom is 0.264 e. The number of halogens is 1. The van der Waals surface area contributed by atoms with Crippen molar-refractivity contribution in [1.82, 2.24) is 4.90 Å². The fraction of sp³-hybridized carbons (Fsp3) is 0.286. The van der Waals surface area contributed by atoms with Crippen LogP contribution in [-0.4, -0.2) is 22.8 Å². The van der Waals surface area contributed by atoms with Gasteiger partial charge in [-0.25, -0.2) is 4.39 Å². The van der Waals surface area contributed by atoms with Gasteiger partial charge in [0.2, 0.25) is 5.91 Å². The van der Waals surface area contributed by atoms with Crippen LogP contribution in [0.25, 0.3) is 0 Å². The Balaban J connectivity index is 1.56. The first kappa shape index (κ1) is 23.5. The van der Waals surface area contributed by atoms with Crippen molar-refractivity contribution < 1.29 is 18.7 Å². The Kier molecular flexibility index (Phi) is 7.26. The SMILES string of the molecule is CC[C@H]1Oc2ccc(NC(=O)[C@H](CC)c3ccccc3)cc2CN(Cc2ccc(F)cc2)C1=O. The molecule has 0 radical (unpaired) electrons. The summed E-state index contributed by atoms with van der Waals surface area (Å²) in [6.45, 7) is 4.58. The van der Waals surface area contributed by atoms with E-state index >= 15 is 0 Å². The van der Waals surface area contributed by atoms with Crippen molar-refractivity contribution in [3.05, 3.63) is 95.3 Å². The number of anilines is 1. The van der Waals surface area contributed by atoms with Crippen molar-refractivity contribution in [3.63, 3.8) is 0 Å². The van der Waals surface area contributed by atoms with Crippen LogP contribution in [0.1, 0.15) is 49.3 Å². The molecule has 1 aliphatic heterocycles. The number of nitrogens with zero attached hydrogens (tertiary/aromatic N) is 1. The Labute approximate surface area is 199 Å². The second-order valence-electron chi connectivity index (χ2n) is 8.52. The molecule has 4 rings (SSSR count). The molecule has 0 aliphatic carbocycles. The first-order valence-electron chi connectivity index (χ1n) is 11.7. The highest BCUT2D eigenvalue weighted by Gasteiger charge is 2.30. The van der Waals surface area contributed by atoms with E-state index in [0.717, 1.165) is 16.7 Å². The topological polar surface area (TPSA) is 58.6 Å². The summed E-state index contributed by atoms with van der Waals surface area (Å²) in [6.07, 6.45) is 0.623. The van der Waals surface area contributed by atoms with Crippen LogP contribution in [0.3, 0.4) is 0 Å². The molecule has 3 aromatic carbocycles. The molecule has 0 fully saturated rings. The highest BCUT2D eigenvalue weighted by Crippen LogP contribution is 2.31. The minimum atomic E-state index is -0.593. The van der Waals surface area contributed by atoms with E-state index in [2.05, 4.69) is 5.32 Å². The average Bonchev–Trinajstić information content (AvgIpc) is 2.97. The summed E-state index contributed by atoms with van der Waals surface area (Å²) in [4.78, 5) is 27.9. The van der Waals surface area contributed by atoms with E-state index < -0.39 is 6.10 Å². The van der Waals surface area contributed by atoms with Crippen molar-refractivity contribution in [1.29, 1.82) is 0 Å². The molecule has 2 atom stereocenters. The van der Waals surface area contributed by atoms with E-state index in [1.54, 1.807) is 23.1 Å². The van der Waals surface area contributed by atoms with E-state index in [4.69, 9.17) is 4.74 Å². The van der Waals surface area contributed by atoms with Crippen LogP contribution in [-0.2, 0) is 22.7 Å². The van der Waals surface area contributed by atoms with E-state index in [0.29, 0.717) is 37.4 Å². The van der Waals surface area contributed by atoms with Crippen molar-refractivity contribution >= 4 is 17.5 Å². The zero-order valence-corrected chi connectivity index (χ0v) is 19.5. The van der Waals surface area contributed by atoms with Crippen molar-refractivity contribution in [3.8, 4) is 5.75 Å². The van der Waals surface area contributed by atoms with Crippen LogP contribution in [0.2, 0.25) is 0 Å². The predicted octanol–water partition coefficient (Wildman–Crippen LogP) is 5.66. The Morgan fingerprint density at radius 3 is 2.50 bits per heavy atom. The smallest absolute Gasteiger partial charge is 0.264 e. The molecule has 176 valence electrons. The van der Waals surface area contributed by atoms with Crippen molar-refractivity contribution in [2.45, 2.75) is 51.8 Å². The van der Waals surface area contributed by atoms with E-state index in [1.165, 1.54) is 12.1 Å². The Morgan fingerprint density at radius 1 is 1.09 bits per heavy atom. The first-order valence-corrected chi connectivity index (χ1v) is 11.7. The Bertz CT molecular complexity index is 1150. The van der Waals surface area contributed by atoms with Gasteiger partial charge >= 0.3 is 0 Å². The number of nitrogens with one attached hydrogen (secondary N) is 1. The van der Waals surface area contributed by atoms with Crippen LogP contribution in [0, 0.1) is 5.82 Å². The van der Waals surface area contributed by atoms with Gasteiger partial charge in [0.15, 0.2) is 6.10 Å². The van der Waals surface area contributed by atoms with Crippen LogP contribution in [0.15, 0.2) is 72.8 Å². The maximum atomic E-state index is 13.3. The van der Waals surface area contributed by atoms with E-state index in [-0.39, 0.29) is 23.5 Å². The molecule has 1 N–H and O–H groups in total. The number of hydrogen-bond acceptors (Lipinski definition) is 3. The average molecular weight is 461 g/mol. The molecule has 0 aromatic heterocycles. The third-order valence-corrected chi connectivity index (χ3v) is 6.13. The quantitative estimate of drug-likeness (QED) is 0.495. The van der Waals surface area contributed by atoms with Gasteiger partial charge in [0.1, 0.15) is 11.6 Å². The van der Waals surface area contributed by atoms with E-state index in [1.807, 2.05) is 56.3 Å². The zero-order chi connectivity index (χ0) is 24.1. The van der Waals surface area contributed by atoms with Crippen molar-refractivity contribution in [2.75, 3.05) is 5.32 Å². The van der Waals surface area contributed by atoms with E-state index in [9.17, 15) is 14.0 Å². The minimum absolute atomic E-state index is 0.0751. The normalized spacial score (nSPS) is 16.3. The molecule has 0 bridgehead atoms. The summed E-state index contributed by atoms with van der Waals surface area (Å²) in [5, 5.41) is 3.03. The maximum absolute atomic E-state index is 13.3. The van der Waals surface area contributed by atoms with Gasteiger partial charge < -0.3 is 15.0 Å². The summed E-state index contributed by atoms with van der Waals surface area (Å²) < 4.78 is 19.4. The monoisotopic (exact) mass is 460 g/mol. The summed E-state index contributed by atoms with van der Waals surface area (Å²) in [6, 6.07) is 21.4. The lowest BCUT2D eigenvalue weighted by atomic mass is 9.95. The molecule has 1 aliphatic rings. The zero-order valence-electron chi connectivity index (χ0n) is 19.5. The van der Waals surface area contributed by atoms with Crippen molar-refractivity contribution in [2.24, 2.45) is 0 Å². The Morgan fingerprint density at radius 2 is 1.82 bits per heavy atom. The molecule has 1 heterocycles. The number of carbonyl (C=O) groups excluding carboxylic acids is 2. The largest absolute Gasteiger partial charge is 0.480 e. The predicted molar refractivity (Wildman–Crippen MR) is 130 cm³/mol. The summed E-state index contributed by atoms with van der Waals surface area (Å²) in [5.41, 5.74) is 3.29. The van der Waals surface area contributed by atoms with Crippen LogP contribution >= 0.6 is 0 Å². The molecule has 0 unspecified atom stereocenters. The second-order valence-corrected chi connectivity index (χ2v) is 8.52. The number of benzene rings is 3. The standard InChI is InChI=1S/C28H29FN2O3/c1-3-24(20-8-6-5-7-9-20)27(32)30-23-14-15-26-21(16-23)18-31(28(33)25(4-2)34-26)17-19-10-12-22(29)13-11-19/h5-16,24-25H,3-4,17-18H2,1-2H3,(H,30,32)/t24-,25-/m1/s1. The summed E-state index contributed by atoms with van der Waals surface area (Å²) in [7, 11) is 0. The molecule has 2 amide bonds. The number of carbonyl (C=O) groups is 2. The summed E-state index contributed by atoms with van der Waals surface area (Å²) in [5.74, 6) is -0.114. The molecule has 3 aromatic rings. The fourth-order valence-electron chi connectivity index (χ4n) is 4.28. The lowest BCUT2D eigenvalue weighted by molar-refractivity contribution is -0.139. The second kappa shape index (κ2) is 10.5. The molecule has 34 heavy (non-hydrogen) atoms. The first-order chi connectivity index (χ1) is 16.5. The molecule has 5 nitrogen and oxygen atoms in total. The van der Waals surface area contributed by atoms with Gasteiger partial charge in [0, 0.05) is 24.3 Å². The van der Waals surface area contributed by atoms with Gasteiger partial charge in [-0.2, -0.15) is 0 Å². The van der Waals surface area contributed by atoms with Crippen LogP contribution in [0.4, 0.5) is 10.1 Å².